The highest BCUT2D eigenvalue weighted by molar-refractivity contribution is 5.91. The fraction of sp³-hybridized carbons (Fsp3) is 0.462. The van der Waals surface area contributed by atoms with Crippen LogP contribution in [0.1, 0.15) is 12.5 Å². The molecule has 0 aromatic heterocycles. The molecule has 1 saturated heterocycles. The van der Waals surface area contributed by atoms with E-state index < -0.39 is 5.60 Å². The van der Waals surface area contributed by atoms with Gasteiger partial charge in [-0.2, -0.15) is 0 Å². The maximum Gasteiger partial charge on any atom is 0.415 e. The fourth-order valence-corrected chi connectivity index (χ4v) is 2.21. The molecule has 1 aliphatic rings. The molecule has 92 valence electrons. The van der Waals surface area contributed by atoms with Crippen molar-refractivity contribution < 1.29 is 9.53 Å². The molecule has 1 amide bonds. The normalized spacial score (nSPS) is 23.9. The molecule has 1 aromatic carbocycles. The highest BCUT2D eigenvalue weighted by Crippen LogP contribution is 2.29. The van der Waals surface area contributed by atoms with Gasteiger partial charge < -0.3 is 10.1 Å². The monoisotopic (exact) mass is 234 g/mol. The highest BCUT2D eigenvalue weighted by Gasteiger charge is 2.41. The summed E-state index contributed by atoms with van der Waals surface area (Å²) in [5.41, 5.74) is 1.56. The van der Waals surface area contributed by atoms with Crippen LogP contribution in [0.25, 0.3) is 0 Å². The van der Waals surface area contributed by atoms with Crippen molar-refractivity contribution in [1.29, 1.82) is 0 Å². The minimum atomic E-state index is -0.450. The van der Waals surface area contributed by atoms with Gasteiger partial charge in [0.25, 0.3) is 0 Å². The third kappa shape index (κ3) is 2.26. The number of para-hydroxylation sites is 1. The molecule has 1 fully saturated rings. The first-order valence-electron chi connectivity index (χ1n) is 5.76. The van der Waals surface area contributed by atoms with Crippen molar-refractivity contribution >= 4 is 11.8 Å². The van der Waals surface area contributed by atoms with E-state index in [1.165, 1.54) is 0 Å². The Balaban J connectivity index is 2.25. The Morgan fingerprint density at radius 2 is 2.18 bits per heavy atom. The number of hydrogen-bond acceptors (Lipinski definition) is 3. The number of carbonyl (C=O) groups is 1. The van der Waals surface area contributed by atoms with Gasteiger partial charge in [-0.25, -0.2) is 4.79 Å². The summed E-state index contributed by atoms with van der Waals surface area (Å²) < 4.78 is 5.44. The van der Waals surface area contributed by atoms with Gasteiger partial charge in [0, 0.05) is 6.54 Å². The summed E-state index contributed by atoms with van der Waals surface area (Å²) in [5, 5.41) is 3.05. The van der Waals surface area contributed by atoms with E-state index in [1.807, 2.05) is 45.2 Å². The van der Waals surface area contributed by atoms with Crippen LogP contribution in [0.15, 0.2) is 24.3 Å². The van der Waals surface area contributed by atoms with Crippen molar-refractivity contribution in [2.75, 3.05) is 25.0 Å². The van der Waals surface area contributed by atoms with Crippen molar-refractivity contribution in [3.63, 3.8) is 0 Å². The Morgan fingerprint density at radius 3 is 2.82 bits per heavy atom. The lowest BCUT2D eigenvalue weighted by Crippen LogP contribution is -2.40. The Kier molecular flexibility index (Phi) is 3.07. The number of amides is 1. The molecule has 1 atom stereocenters. The number of benzene rings is 1. The lowest BCUT2D eigenvalue weighted by atomic mass is 10.1. The third-order valence-corrected chi connectivity index (χ3v) is 3.00. The molecule has 1 unspecified atom stereocenters. The first-order chi connectivity index (χ1) is 8.06. The number of nitrogens with one attached hydrogen (secondary N) is 1. The zero-order valence-electron chi connectivity index (χ0n) is 10.5. The van der Waals surface area contributed by atoms with Gasteiger partial charge in [-0.05, 0) is 32.5 Å². The smallest absolute Gasteiger partial charge is 0.415 e. The maximum absolute atomic E-state index is 11.9. The van der Waals surface area contributed by atoms with Crippen molar-refractivity contribution in [2.45, 2.75) is 19.4 Å². The van der Waals surface area contributed by atoms with Crippen molar-refractivity contribution in [3.05, 3.63) is 29.8 Å². The van der Waals surface area contributed by atoms with Crippen LogP contribution in [0.4, 0.5) is 10.5 Å². The number of ether oxygens (including phenoxy) is 1. The van der Waals surface area contributed by atoms with E-state index in [0.29, 0.717) is 13.1 Å². The molecule has 4 heteroatoms. The van der Waals surface area contributed by atoms with Crippen molar-refractivity contribution in [1.82, 2.24) is 5.32 Å². The number of likely N-dealkylation sites (N-methyl/N-ethyl adjacent to an activating group) is 1. The molecular formula is C13H18N2O2. The minimum Gasteiger partial charge on any atom is -0.440 e. The molecule has 17 heavy (non-hydrogen) atoms. The lowest BCUT2D eigenvalue weighted by Gasteiger charge is -2.21. The Morgan fingerprint density at radius 1 is 1.47 bits per heavy atom. The molecule has 0 saturated carbocycles. The quantitative estimate of drug-likeness (QED) is 0.869. The van der Waals surface area contributed by atoms with E-state index in [4.69, 9.17) is 4.74 Å². The molecule has 2 rings (SSSR count). The van der Waals surface area contributed by atoms with Gasteiger partial charge in [0.05, 0.1) is 12.2 Å². The average molecular weight is 234 g/mol. The zero-order chi connectivity index (χ0) is 12.5. The van der Waals surface area contributed by atoms with E-state index in [-0.39, 0.29) is 6.09 Å². The molecule has 0 aliphatic carbocycles. The molecule has 1 aliphatic heterocycles. The predicted octanol–water partition coefficient (Wildman–Crippen LogP) is 1.93. The van der Waals surface area contributed by atoms with Gasteiger partial charge in [0.2, 0.25) is 0 Å². The summed E-state index contributed by atoms with van der Waals surface area (Å²) in [4.78, 5) is 13.6. The Hall–Kier alpha value is -1.55. The largest absolute Gasteiger partial charge is 0.440 e. The predicted molar refractivity (Wildman–Crippen MR) is 67.3 cm³/mol. The van der Waals surface area contributed by atoms with Crippen LogP contribution < -0.4 is 10.2 Å². The third-order valence-electron chi connectivity index (χ3n) is 3.00. The van der Waals surface area contributed by atoms with Gasteiger partial charge in [0.1, 0.15) is 5.60 Å². The summed E-state index contributed by atoms with van der Waals surface area (Å²) in [5.74, 6) is 0. The van der Waals surface area contributed by atoms with Gasteiger partial charge in [-0.1, -0.05) is 18.2 Å². The molecule has 4 nitrogen and oxygen atoms in total. The first kappa shape index (κ1) is 11.9. The summed E-state index contributed by atoms with van der Waals surface area (Å²) >= 11 is 0. The van der Waals surface area contributed by atoms with Crippen LogP contribution in [0, 0.1) is 6.92 Å². The van der Waals surface area contributed by atoms with E-state index in [0.717, 1.165) is 11.3 Å². The van der Waals surface area contributed by atoms with Crippen LogP contribution >= 0.6 is 0 Å². The second-order valence-corrected chi connectivity index (χ2v) is 4.72. The number of nitrogens with zero attached hydrogens (tertiary/aromatic N) is 1. The van der Waals surface area contributed by atoms with Gasteiger partial charge in [0.15, 0.2) is 0 Å². The topological polar surface area (TPSA) is 41.6 Å². The Labute approximate surface area is 102 Å². The first-order valence-corrected chi connectivity index (χ1v) is 5.76. The van der Waals surface area contributed by atoms with E-state index in [9.17, 15) is 4.79 Å². The second-order valence-electron chi connectivity index (χ2n) is 4.72. The van der Waals surface area contributed by atoms with E-state index in [2.05, 4.69) is 5.32 Å². The van der Waals surface area contributed by atoms with Crippen LogP contribution in [0.3, 0.4) is 0 Å². The molecular weight excluding hydrogens is 216 g/mol. The molecule has 1 N–H and O–H groups in total. The standard InChI is InChI=1S/C13H18N2O2/c1-10-6-4-5-7-11(10)15-9-13(2,8-14-3)17-12(15)16/h4-7,14H,8-9H2,1-3H3. The van der Waals surface area contributed by atoms with Gasteiger partial charge >= 0.3 is 6.09 Å². The summed E-state index contributed by atoms with van der Waals surface area (Å²) in [6.45, 7) is 5.18. The van der Waals surface area contributed by atoms with E-state index >= 15 is 0 Å². The number of hydrogen-bond donors (Lipinski definition) is 1. The molecule has 0 spiro atoms. The summed E-state index contributed by atoms with van der Waals surface area (Å²) in [6, 6.07) is 7.84. The summed E-state index contributed by atoms with van der Waals surface area (Å²) in [7, 11) is 1.86. The van der Waals surface area contributed by atoms with Crippen LogP contribution in [-0.2, 0) is 4.74 Å². The van der Waals surface area contributed by atoms with Crippen LogP contribution in [-0.4, -0.2) is 31.8 Å². The molecule has 1 heterocycles. The van der Waals surface area contributed by atoms with Crippen molar-refractivity contribution in [3.8, 4) is 0 Å². The number of aryl methyl sites for hydroxylation is 1. The molecule has 0 bridgehead atoms. The van der Waals surface area contributed by atoms with Gasteiger partial charge in [-0.15, -0.1) is 0 Å². The van der Waals surface area contributed by atoms with Crippen LogP contribution in [0.2, 0.25) is 0 Å². The molecule has 1 aromatic rings. The number of carbonyl (C=O) groups excluding carboxylic acids is 1. The zero-order valence-corrected chi connectivity index (χ0v) is 10.5. The average Bonchev–Trinajstić information content (AvgIpc) is 2.55. The number of anilines is 1. The Bertz CT molecular complexity index is 433. The van der Waals surface area contributed by atoms with E-state index in [1.54, 1.807) is 4.90 Å². The lowest BCUT2D eigenvalue weighted by molar-refractivity contribution is 0.0734. The van der Waals surface area contributed by atoms with Gasteiger partial charge in [-0.3, -0.25) is 4.90 Å². The fourth-order valence-electron chi connectivity index (χ4n) is 2.21. The number of cyclic esters (lactones) is 1. The summed E-state index contributed by atoms with van der Waals surface area (Å²) in [6.07, 6.45) is -0.267. The molecule has 0 radical (unpaired) electrons. The minimum absolute atomic E-state index is 0.267. The maximum atomic E-state index is 11.9. The highest BCUT2D eigenvalue weighted by atomic mass is 16.6. The van der Waals surface area contributed by atoms with Crippen molar-refractivity contribution in [2.24, 2.45) is 0 Å². The SMILES string of the molecule is CNCC1(C)CN(c2ccccc2C)C(=O)O1. The van der Waals surface area contributed by atoms with Crippen LogP contribution in [0.5, 0.6) is 0 Å². The second kappa shape index (κ2) is 4.37. The number of rotatable bonds is 3.